The minimum absolute atomic E-state index is 0.0309. The average Bonchev–Trinajstić information content (AvgIpc) is 3.12. The Balaban J connectivity index is 1.47. The lowest BCUT2D eigenvalue weighted by atomic mass is 10.0. The van der Waals surface area contributed by atoms with Gasteiger partial charge in [0, 0.05) is 37.8 Å². The molecule has 1 aliphatic rings. The normalized spacial score (nSPS) is 16.7. The van der Waals surface area contributed by atoms with Crippen molar-refractivity contribution in [1.82, 2.24) is 15.2 Å². The fraction of sp³-hybridized carbons (Fsp3) is 0.474. The van der Waals surface area contributed by atoms with Crippen LogP contribution in [0.25, 0.3) is 0 Å². The third-order valence-corrected chi connectivity index (χ3v) is 5.67. The second-order valence-corrected chi connectivity index (χ2v) is 7.58. The van der Waals surface area contributed by atoms with Crippen molar-refractivity contribution in [3.05, 3.63) is 46.5 Å². The van der Waals surface area contributed by atoms with Crippen LogP contribution >= 0.6 is 11.3 Å². The summed E-state index contributed by atoms with van der Waals surface area (Å²) in [6.45, 7) is 10.4. The summed E-state index contributed by atoms with van der Waals surface area (Å²) in [5.41, 5.74) is 3.70. The molecule has 0 radical (unpaired) electrons. The summed E-state index contributed by atoms with van der Waals surface area (Å²) in [6, 6.07) is 6.40. The number of rotatable bonds is 5. The number of carbonyl (C=O) groups excluding carboxylic acids is 1. The maximum Gasteiger partial charge on any atom is 0.234 e. The molecule has 5 nitrogen and oxygen atoms in total. The molecule has 1 N–H and O–H groups in total. The number of amides is 1. The summed E-state index contributed by atoms with van der Waals surface area (Å²) in [4.78, 5) is 21.2. The number of benzene rings is 1. The predicted octanol–water partition coefficient (Wildman–Crippen LogP) is 2.76. The van der Waals surface area contributed by atoms with Crippen molar-refractivity contribution in [3.63, 3.8) is 0 Å². The molecule has 0 saturated carbocycles. The van der Waals surface area contributed by atoms with Crippen LogP contribution in [0.15, 0.2) is 29.8 Å². The average molecular weight is 359 g/mol. The Morgan fingerprint density at radius 2 is 2.00 bits per heavy atom. The van der Waals surface area contributed by atoms with Gasteiger partial charge < -0.3 is 10.2 Å². The van der Waals surface area contributed by atoms with Crippen LogP contribution in [0.4, 0.5) is 5.13 Å². The highest BCUT2D eigenvalue weighted by Gasteiger charge is 2.21. The molecule has 134 valence electrons. The van der Waals surface area contributed by atoms with Gasteiger partial charge in [-0.05, 0) is 37.5 Å². The minimum atomic E-state index is 0.0309. The Kier molecular flexibility index (Phi) is 5.71. The molecule has 6 heteroatoms. The van der Waals surface area contributed by atoms with E-state index in [9.17, 15) is 4.79 Å². The van der Waals surface area contributed by atoms with E-state index < -0.39 is 0 Å². The molecule has 25 heavy (non-hydrogen) atoms. The van der Waals surface area contributed by atoms with Crippen LogP contribution in [0.2, 0.25) is 0 Å². The molecule has 3 rings (SSSR count). The molecule has 2 heterocycles. The molecule has 1 fully saturated rings. The standard InChI is InChI=1S/C19H26N4OS/c1-14-4-5-17(12-15(14)2)16(3)21-18(24)13-22-7-9-23(10-8-22)19-20-6-11-25-19/h4-6,11-12,16H,7-10,13H2,1-3H3,(H,21,24)/t16-/m1/s1. The van der Waals surface area contributed by atoms with Crippen molar-refractivity contribution in [3.8, 4) is 0 Å². The monoisotopic (exact) mass is 358 g/mol. The van der Waals surface area contributed by atoms with Gasteiger partial charge in [0.05, 0.1) is 12.6 Å². The van der Waals surface area contributed by atoms with Crippen LogP contribution in [0.5, 0.6) is 0 Å². The summed E-state index contributed by atoms with van der Waals surface area (Å²) >= 11 is 1.67. The van der Waals surface area contributed by atoms with Crippen LogP contribution in [-0.2, 0) is 4.79 Å². The largest absolute Gasteiger partial charge is 0.348 e. The number of carbonyl (C=O) groups is 1. The Hall–Kier alpha value is -1.92. The molecule has 1 aliphatic heterocycles. The Morgan fingerprint density at radius 1 is 1.24 bits per heavy atom. The van der Waals surface area contributed by atoms with E-state index in [-0.39, 0.29) is 11.9 Å². The highest BCUT2D eigenvalue weighted by Crippen LogP contribution is 2.19. The molecule has 1 amide bonds. The first-order valence-corrected chi connectivity index (χ1v) is 9.64. The van der Waals surface area contributed by atoms with Crippen LogP contribution in [0.1, 0.15) is 29.7 Å². The van der Waals surface area contributed by atoms with Gasteiger partial charge in [0.25, 0.3) is 0 Å². The van der Waals surface area contributed by atoms with Gasteiger partial charge in [-0.3, -0.25) is 9.69 Å². The number of hydrogen-bond donors (Lipinski definition) is 1. The second kappa shape index (κ2) is 7.97. The molecule has 0 spiro atoms. The van der Waals surface area contributed by atoms with E-state index in [4.69, 9.17) is 0 Å². The van der Waals surface area contributed by atoms with Crippen LogP contribution in [0.3, 0.4) is 0 Å². The van der Waals surface area contributed by atoms with Crippen molar-refractivity contribution in [1.29, 1.82) is 0 Å². The first-order valence-electron chi connectivity index (χ1n) is 8.76. The van der Waals surface area contributed by atoms with E-state index in [1.165, 1.54) is 11.1 Å². The van der Waals surface area contributed by atoms with Gasteiger partial charge in [-0.25, -0.2) is 4.98 Å². The highest BCUT2D eigenvalue weighted by atomic mass is 32.1. The summed E-state index contributed by atoms with van der Waals surface area (Å²) in [7, 11) is 0. The summed E-state index contributed by atoms with van der Waals surface area (Å²) in [6.07, 6.45) is 1.84. The zero-order valence-corrected chi connectivity index (χ0v) is 16.0. The van der Waals surface area contributed by atoms with Crippen LogP contribution < -0.4 is 10.2 Å². The van der Waals surface area contributed by atoms with E-state index in [0.29, 0.717) is 6.54 Å². The van der Waals surface area contributed by atoms with Gasteiger partial charge in [-0.15, -0.1) is 11.3 Å². The lowest BCUT2D eigenvalue weighted by molar-refractivity contribution is -0.123. The first kappa shape index (κ1) is 17.9. The molecule has 0 unspecified atom stereocenters. The number of nitrogens with one attached hydrogen (secondary N) is 1. The number of aryl methyl sites for hydroxylation is 2. The Bertz CT molecular complexity index is 708. The molecule has 1 aromatic carbocycles. The summed E-state index contributed by atoms with van der Waals surface area (Å²) < 4.78 is 0. The number of piperazine rings is 1. The van der Waals surface area contributed by atoms with Crippen molar-refractivity contribution >= 4 is 22.4 Å². The SMILES string of the molecule is Cc1ccc([C@@H](C)NC(=O)CN2CCN(c3nccs3)CC2)cc1C. The van der Waals surface area contributed by atoms with Gasteiger partial charge in [0.2, 0.25) is 5.91 Å². The van der Waals surface area contributed by atoms with Crippen molar-refractivity contribution in [2.75, 3.05) is 37.6 Å². The quantitative estimate of drug-likeness (QED) is 0.893. The fourth-order valence-electron chi connectivity index (χ4n) is 3.08. The molecule has 2 aromatic rings. The van der Waals surface area contributed by atoms with Crippen molar-refractivity contribution in [2.24, 2.45) is 0 Å². The highest BCUT2D eigenvalue weighted by molar-refractivity contribution is 7.13. The minimum Gasteiger partial charge on any atom is -0.348 e. The van der Waals surface area contributed by atoms with Gasteiger partial charge in [-0.2, -0.15) is 0 Å². The lowest BCUT2D eigenvalue weighted by Gasteiger charge is -2.34. The first-order chi connectivity index (χ1) is 12.0. The maximum atomic E-state index is 12.4. The number of thiazole rings is 1. The number of hydrogen-bond acceptors (Lipinski definition) is 5. The third-order valence-electron chi connectivity index (χ3n) is 4.84. The fourth-order valence-corrected chi connectivity index (χ4v) is 3.77. The smallest absolute Gasteiger partial charge is 0.234 e. The third kappa shape index (κ3) is 4.58. The van der Waals surface area contributed by atoms with Gasteiger partial charge in [0.15, 0.2) is 5.13 Å². The topological polar surface area (TPSA) is 48.5 Å². The van der Waals surface area contributed by atoms with Gasteiger partial charge in [-0.1, -0.05) is 18.2 Å². The summed E-state index contributed by atoms with van der Waals surface area (Å²) in [5.74, 6) is 0.0911. The van der Waals surface area contributed by atoms with Crippen molar-refractivity contribution < 1.29 is 4.79 Å². The van der Waals surface area contributed by atoms with Crippen LogP contribution in [0, 0.1) is 13.8 Å². The zero-order valence-electron chi connectivity index (χ0n) is 15.2. The van der Waals surface area contributed by atoms with Crippen LogP contribution in [-0.4, -0.2) is 48.5 Å². The molecular weight excluding hydrogens is 332 g/mol. The Labute approximate surface area is 153 Å². The molecule has 0 bridgehead atoms. The summed E-state index contributed by atoms with van der Waals surface area (Å²) in [5, 5.41) is 6.20. The molecule has 1 saturated heterocycles. The van der Waals surface area contributed by atoms with Gasteiger partial charge in [0.1, 0.15) is 0 Å². The lowest BCUT2D eigenvalue weighted by Crippen LogP contribution is -2.49. The van der Waals surface area contributed by atoms with E-state index in [1.807, 2.05) is 18.5 Å². The molecular formula is C19H26N4OS. The zero-order chi connectivity index (χ0) is 17.8. The second-order valence-electron chi connectivity index (χ2n) is 6.71. The van der Waals surface area contributed by atoms with Gasteiger partial charge >= 0.3 is 0 Å². The predicted molar refractivity (Wildman–Crippen MR) is 103 cm³/mol. The molecule has 1 aromatic heterocycles. The number of anilines is 1. The number of aromatic nitrogens is 1. The van der Waals surface area contributed by atoms with Crippen molar-refractivity contribution in [2.45, 2.75) is 26.8 Å². The van der Waals surface area contributed by atoms with E-state index in [2.05, 4.69) is 52.1 Å². The molecule has 0 aliphatic carbocycles. The van der Waals surface area contributed by atoms with E-state index >= 15 is 0 Å². The number of nitrogens with zero attached hydrogens (tertiary/aromatic N) is 3. The maximum absolute atomic E-state index is 12.4. The Morgan fingerprint density at radius 3 is 2.64 bits per heavy atom. The molecule has 1 atom stereocenters. The van der Waals surface area contributed by atoms with E-state index in [1.54, 1.807) is 11.3 Å². The van der Waals surface area contributed by atoms with E-state index in [0.717, 1.165) is 36.9 Å².